The standard InChI is InChI=1S/C8H14N3/c1-10(2)6-4-8-11-7-3-5-9-11/h3,7H,4,6,8H2,1-2H3. The molecular formula is C8H14N3. The highest BCUT2D eigenvalue weighted by molar-refractivity contribution is 4.75. The Morgan fingerprint density at radius 1 is 1.55 bits per heavy atom. The summed E-state index contributed by atoms with van der Waals surface area (Å²) in [4.78, 5) is 2.17. The minimum atomic E-state index is 0.988. The first-order valence-electron chi connectivity index (χ1n) is 3.83. The average molecular weight is 152 g/mol. The van der Waals surface area contributed by atoms with Gasteiger partial charge >= 0.3 is 0 Å². The van der Waals surface area contributed by atoms with Crippen LogP contribution in [0.4, 0.5) is 0 Å². The molecule has 0 bridgehead atoms. The molecule has 0 atom stereocenters. The lowest BCUT2D eigenvalue weighted by molar-refractivity contribution is 0.380. The first-order chi connectivity index (χ1) is 5.29. The maximum atomic E-state index is 3.99. The fourth-order valence-corrected chi connectivity index (χ4v) is 0.934. The summed E-state index contributed by atoms with van der Waals surface area (Å²) >= 11 is 0. The molecule has 1 aromatic rings. The number of aromatic nitrogens is 2. The van der Waals surface area contributed by atoms with Crippen LogP contribution in [0.5, 0.6) is 0 Å². The van der Waals surface area contributed by atoms with Crippen molar-refractivity contribution in [2.45, 2.75) is 13.0 Å². The van der Waals surface area contributed by atoms with Gasteiger partial charge in [-0.2, -0.15) is 5.10 Å². The Morgan fingerprint density at radius 2 is 2.36 bits per heavy atom. The molecule has 11 heavy (non-hydrogen) atoms. The summed E-state index contributed by atoms with van der Waals surface area (Å²) in [6.45, 7) is 2.10. The van der Waals surface area contributed by atoms with Crippen LogP contribution in [0.3, 0.4) is 0 Å². The van der Waals surface area contributed by atoms with Crippen LogP contribution in [-0.4, -0.2) is 35.3 Å². The molecule has 0 aliphatic carbocycles. The van der Waals surface area contributed by atoms with Crippen LogP contribution in [0.2, 0.25) is 0 Å². The summed E-state index contributed by atoms with van der Waals surface area (Å²) in [5.41, 5.74) is 0. The summed E-state index contributed by atoms with van der Waals surface area (Å²) in [5, 5.41) is 3.99. The number of aryl methyl sites for hydroxylation is 1. The van der Waals surface area contributed by atoms with E-state index in [4.69, 9.17) is 0 Å². The lowest BCUT2D eigenvalue weighted by atomic mass is 10.4. The van der Waals surface area contributed by atoms with E-state index in [-0.39, 0.29) is 0 Å². The monoisotopic (exact) mass is 152 g/mol. The molecule has 0 saturated carbocycles. The predicted octanol–water partition coefficient (Wildman–Crippen LogP) is 0.635. The van der Waals surface area contributed by atoms with Crippen molar-refractivity contribution in [1.29, 1.82) is 0 Å². The molecular weight excluding hydrogens is 138 g/mol. The Kier molecular flexibility index (Phi) is 3.11. The molecule has 1 heterocycles. The lowest BCUT2D eigenvalue weighted by Gasteiger charge is -2.08. The van der Waals surface area contributed by atoms with Crippen molar-refractivity contribution in [3.63, 3.8) is 0 Å². The molecule has 3 nitrogen and oxygen atoms in total. The summed E-state index contributed by atoms with van der Waals surface area (Å²) in [6, 6.07) is 1.83. The van der Waals surface area contributed by atoms with E-state index in [2.05, 4.69) is 30.3 Å². The highest BCUT2D eigenvalue weighted by atomic mass is 15.3. The number of hydrogen-bond donors (Lipinski definition) is 0. The fraction of sp³-hybridized carbons (Fsp3) is 0.625. The number of hydrogen-bond acceptors (Lipinski definition) is 2. The van der Waals surface area contributed by atoms with Crippen molar-refractivity contribution in [2.24, 2.45) is 0 Å². The fourth-order valence-electron chi connectivity index (χ4n) is 0.934. The van der Waals surface area contributed by atoms with Gasteiger partial charge in [0.2, 0.25) is 0 Å². The van der Waals surface area contributed by atoms with E-state index in [1.165, 1.54) is 0 Å². The quantitative estimate of drug-likeness (QED) is 0.631. The minimum absolute atomic E-state index is 0.988. The van der Waals surface area contributed by atoms with Gasteiger partial charge in [0.1, 0.15) is 6.20 Å². The summed E-state index contributed by atoms with van der Waals surface area (Å²) in [7, 11) is 4.16. The van der Waals surface area contributed by atoms with Gasteiger partial charge in [0, 0.05) is 12.7 Å². The van der Waals surface area contributed by atoms with Crippen LogP contribution in [0.1, 0.15) is 6.42 Å². The maximum absolute atomic E-state index is 3.99. The molecule has 0 saturated heterocycles. The SMILES string of the molecule is CN(C)CCCn1cc[c]n1. The Hall–Kier alpha value is -0.830. The Balaban J connectivity index is 2.14. The van der Waals surface area contributed by atoms with Crippen LogP contribution >= 0.6 is 0 Å². The van der Waals surface area contributed by atoms with Crippen LogP contribution in [0, 0.1) is 6.20 Å². The molecule has 1 aromatic heterocycles. The largest absolute Gasteiger partial charge is 0.309 e. The van der Waals surface area contributed by atoms with E-state index in [0.717, 1.165) is 19.5 Å². The van der Waals surface area contributed by atoms with Crippen LogP contribution in [0.25, 0.3) is 0 Å². The molecule has 0 spiro atoms. The molecule has 0 aliphatic heterocycles. The second-order valence-electron chi connectivity index (χ2n) is 2.86. The predicted molar refractivity (Wildman–Crippen MR) is 44.2 cm³/mol. The van der Waals surface area contributed by atoms with Crippen molar-refractivity contribution >= 4 is 0 Å². The zero-order valence-electron chi connectivity index (χ0n) is 7.12. The highest BCUT2D eigenvalue weighted by Gasteiger charge is 1.91. The van der Waals surface area contributed by atoms with Crippen molar-refractivity contribution in [3.05, 3.63) is 18.5 Å². The lowest BCUT2D eigenvalue weighted by Crippen LogP contribution is -2.15. The van der Waals surface area contributed by atoms with Gasteiger partial charge in [0.25, 0.3) is 0 Å². The normalized spacial score (nSPS) is 10.8. The number of nitrogens with zero attached hydrogens (tertiary/aromatic N) is 3. The zero-order valence-corrected chi connectivity index (χ0v) is 7.12. The van der Waals surface area contributed by atoms with Crippen LogP contribution in [-0.2, 0) is 6.54 Å². The van der Waals surface area contributed by atoms with Gasteiger partial charge in [0.05, 0.1) is 0 Å². The molecule has 3 heteroatoms. The minimum Gasteiger partial charge on any atom is -0.309 e. The van der Waals surface area contributed by atoms with Gasteiger partial charge in [-0.05, 0) is 33.1 Å². The smallest absolute Gasteiger partial charge is 0.113 e. The van der Waals surface area contributed by atoms with E-state index in [1.807, 2.05) is 16.9 Å². The van der Waals surface area contributed by atoms with E-state index in [0.29, 0.717) is 0 Å². The van der Waals surface area contributed by atoms with Gasteiger partial charge in [-0.15, -0.1) is 0 Å². The van der Waals surface area contributed by atoms with Gasteiger partial charge in [-0.3, -0.25) is 4.68 Å². The van der Waals surface area contributed by atoms with Crippen molar-refractivity contribution in [3.8, 4) is 0 Å². The van der Waals surface area contributed by atoms with Gasteiger partial charge in [0.15, 0.2) is 0 Å². The molecule has 0 aromatic carbocycles. The highest BCUT2D eigenvalue weighted by Crippen LogP contribution is 1.89. The molecule has 1 radical (unpaired) electrons. The topological polar surface area (TPSA) is 21.1 Å². The third-order valence-corrected chi connectivity index (χ3v) is 1.50. The second-order valence-corrected chi connectivity index (χ2v) is 2.86. The Morgan fingerprint density at radius 3 is 2.91 bits per heavy atom. The van der Waals surface area contributed by atoms with E-state index in [9.17, 15) is 0 Å². The molecule has 1 rings (SSSR count). The van der Waals surface area contributed by atoms with Crippen molar-refractivity contribution in [1.82, 2.24) is 14.7 Å². The molecule has 0 unspecified atom stereocenters. The van der Waals surface area contributed by atoms with Crippen molar-refractivity contribution < 1.29 is 0 Å². The van der Waals surface area contributed by atoms with Crippen LogP contribution < -0.4 is 0 Å². The summed E-state index contributed by atoms with van der Waals surface area (Å²) in [6.07, 6.45) is 5.85. The van der Waals surface area contributed by atoms with Gasteiger partial charge in [-0.25, -0.2) is 0 Å². The number of rotatable bonds is 4. The maximum Gasteiger partial charge on any atom is 0.113 e. The first-order valence-corrected chi connectivity index (χ1v) is 3.83. The van der Waals surface area contributed by atoms with E-state index in [1.54, 1.807) is 0 Å². The zero-order chi connectivity index (χ0) is 8.10. The van der Waals surface area contributed by atoms with Crippen LogP contribution in [0.15, 0.2) is 12.3 Å². The molecule has 0 N–H and O–H groups in total. The third-order valence-electron chi connectivity index (χ3n) is 1.50. The van der Waals surface area contributed by atoms with Crippen molar-refractivity contribution in [2.75, 3.05) is 20.6 Å². The van der Waals surface area contributed by atoms with E-state index < -0.39 is 0 Å². The van der Waals surface area contributed by atoms with Gasteiger partial charge < -0.3 is 4.90 Å². The van der Waals surface area contributed by atoms with E-state index >= 15 is 0 Å². The molecule has 0 amide bonds. The summed E-state index contributed by atoms with van der Waals surface area (Å²) < 4.78 is 1.91. The average Bonchev–Trinajstić information content (AvgIpc) is 2.39. The molecule has 0 aliphatic rings. The van der Waals surface area contributed by atoms with Gasteiger partial charge in [-0.1, -0.05) is 0 Å². The Bertz CT molecular complexity index is 179. The Labute approximate surface area is 67.6 Å². The first kappa shape index (κ1) is 8.27. The molecule has 0 fully saturated rings. The molecule has 61 valence electrons. The summed E-state index contributed by atoms with van der Waals surface area (Å²) in [5.74, 6) is 0. The third kappa shape index (κ3) is 3.18. The second kappa shape index (κ2) is 4.13.